The summed E-state index contributed by atoms with van der Waals surface area (Å²) in [5, 5.41) is 18.3. The van der Waals surface area contributed by atoms with Crippen LogP contribution in [-0.4, -0.2) is 27.2 Å². The summed E-state index contributed by atoms with van der Waals surface area (Å²) in [6.07, 6.45) is 2.54. The maximum atomic E-state index is 13.4. The van der Waals surface area contributed by atoms with E-state index >= 15 is 0 Å². The lowest BCUT2D eigenvalue weighted by Crippen LogP contribution is -2.16. The van der Waals surface area contributed by atoms with Crippen LogP contribution in [0.4, 0.5) is 10.1 Å². The molecule has 0 unspecified atom stereocenters. The number of carboxylic acid groups (broad SMARTS) is 1. The Morgan fingerprint density at radius 2 is 2.00 bits per heavy atom. The molecule has 0 aliphatic carbocycles. The lowest BCUT2D eigenvalue weighted by molar-refractivity contribution is 0.0693. The van der Waals surface area contributed by atoms with Gasteiger partial charge in [0.15, 0.2) is 0 Å². The molecule has 2 rings (SSSR count). The molecule has 0 saturated heterocycles. The predicted molar refractivity (Wildman–Crippen MR) is 63.3 cm³/mol. The van der Waals surface area contributed by atoms with E-state index in [9.17, 15) is 14.0 Å². The van der Waals surface area contributed by atoms with Crippen LogP contribution < -0.4 is 5.32 Å². The zero-order valence-corrected chi connectivity index (χ0v) is 9.50. The molecule has 0 fully saturated rings. The highest BCUT2D eigenvalue weighted by Crippen LogP contribution is 2.19. The van der Waals surface area contributed by atoms with E-state index in [1.54, 1.807) is 0 Å². The minimum absolute atomic E-state index is 0.116. The van der Waals surface area contributed by atoms with Gasteiger partial charge in [-0.3, -0.25) is 4.79 Å². The van der Waals surface area contributed by atoms with Crippen LogP contribution in [0, 0.1) is 5.82 Å². The van der Waals surface area contributed by atoms with Crippen molar-refractivity contribution in [3.63, 3.8) is 0 Å². The number of halogens is 1. The summed E-state index contributed by atoms with van der Waals surface area (Å²) in [5.74, 6) is -2.97. The van der Waals surface area contributed by atoms with Crippen molar-refractivity contribution >= 4 is 17.6 Å². The quantitative estimate of drug-likeness (QED) is 0.874. The number of rotatable bonds is 3. The number of aromatic nitrogens is 2. The number of hydrogen-bond donors (Lipinski definition) is 2. The topological polar surface area (TPSA) is 92.2 Å². The molecule has 1 heterocycles. The first-order chi connectivity index (χ1) is 9.09. The van der Waals surface area contributed by atoms with Gasteiger partial charge in [0.2, 0.25) is 0 Å². The number of benzene rings is 1. The molecule has 1 amide bonds. The van der Waals surface area contributed by atoms with E-state index in [4.69, 9.17) is 5.11 Å². The van der Waals surface area contributed by atoms with Crippen LogP contribution in [0.25, 0.3) is 0 Å². The van der Waals surface area contributed by atoms with Gasteiger partial charge in [0.25, 0.3) is 5.91 Å². The maximum Gasteiger partial charge on any atom is 0.340 e. The Morgan fingerprint density at radius 3 is 2.63 bits per heavy atom. The van der Waals surface area contributed by atoms with Gasteiger partial charge < -0.3 is 10.4 Å². The van der Waals surface area contributed by atoms with Crippen LogP contribution in [0.3, 0.4) is 0 Å². The third kappa shape index (κ3) is 2.71. The van der Waals surface area contributed by atoms with Crippen LogP contribution >= 0.6 is 0 Å². The maximum absolute atomic E-state index is 13.4. The van der Waals surface area contributed by atoms with Crippen molar-refractivity contribution < 1.29 is 19.1 Å². The highest BCUT2D eigenvalue weighted by Gasteiger charge is 2.17. The van der Waals surface area contributed by atoms with Crippen molar-refractivity contribution in [2.75, 3.05) is 5.32 Å². The normalized spacial score (nSPS) is 9.95. The van der Waals surface area contributed by atoms with Gasteiger partial charge in [-0.15, -0.1) is 0 Å². The second kappa shape index (κ2) is 5.21. The fourth-order valence-electron chi connectivity index (χ4n) is 1.47. The fraction of sp³-hybridized carbons (Fsp3) is 0. The Morgan fingerprint density at radius 1 is 1.21 bits per heavy atom. The molecule has 0 radical (unpaired) electrons. The summed E-state index contributed by atoms with van der Waals surface area (Å²) in [6, 6.07) is 5.02. The van der Waals surface area contributed by atoms with Gasteiger partial charge in [-0.1, -0.05) is 6.07 Å². The fourth-order valence-corrected chi connectivity index (χ4v) is 1.47. The molecule has 6 nitrogen and oxygen atoms in total. The molecule has 96 valence electrons. The Bertz CT molecular complexity index is 631. The minimum atomic E-state index is -1.46. The third-order valence-corrected chi connectivity index (χ3v) is 2.32. The third-order valence-electron chi connectivity index (χ3n) is 2.32. The Kier molecular flexibility index (Phi) is 3.46. The van der Waals surface area contributed by atoms with E-state index in [-0.39, 0.29) is 11.3 Å². The average molecular weight is 261 g/mol. The van der Waals surface area contributed by atoms with Gasteiger partial charge in [0.05, 0.1) is 23.6 Å². The molecule has 0 bridgehead atoms. The first kappa shape index (κ1) is 12.6. The standard InChI is InChI=1S/C12H8FN3O3/c13-8-2-1-3-9(10(8)12(18)19)16-11(17)7-4-5-14-15-6-7/h1-6H,(H,16,17)(H,18,19). The van der Waals surface area contributed by atoms with Gasteiger partial charge in [-0.2, -0.15) is 10.2 Å². The van der Waals surface area contributed by atoms with Gasteiger partial charge >= 0.3 is 5.97 Å². The van der Waals surface area contributed by atoms with Crippen LogP contribution in [0.1, 0.15) is 20.7 Å². The molecule has 7 heteroatoms. The first-order valence-corrected chi connectivity index (χ1v) is 5.19. The molecule has 0 aliphatic rings. The van der Waals surface area contributed by atoms with Gasteiger partial charge in [-0.25, -0.2) is 9.18 Å². The second-order valence-electron chi connectivity index (χ2n) is 3.55. The summed E-state index contributed by atoms with van der Waals surface area (Å²) < 4.78 is 13.4. The average Bonchev–Trinajstić information content (AvgIpc) is 2.39. The summed E-state index contributed by atoms with van der Waals surface area (Å²) in [4.78, 5) is 22.8. The largest absolute Gasteiger partial charge is 0.478 e. The molecular weight excluding hydrogens is 253 g/mol. The van der Waals surface area contributed by atoms with E-state index in [1.165, 1.54) is 30.6 Å². The smallest absolute Gasteiger partial charge is 0.340 e. The SMILES string of the molecule is O=C(Nc1cccc(F)c1C(=O)O)c1ccnnc1. The van der Waals surface area contributed by atoms with Crippen LogP contribution in [0.15, 0.2) is 36.7 Å². The molecule has 0 atom stereocenters. The van der Waals surface area contributed by atoms with Gasteiger partial charge in [0.1, 0.15) is 11.4 Å². The lowest BCUT2D eigenvalue weighted by atomic mass is 10.1. The van der Waals surface area contributed by atoms with Crippen molar-refractivity contribution in [2.45, 2.75) is 0 Å². The molecule has 2 aromatic rings. The zero-order valence-electron chi connectivity index (χ0n) is 9.50. The molecule has 2 N–H and O–H groups in total. The number of nitrogens with zero attached hydrogens (tertiary/aromatic N) is 2. The van der Waals surface area contributed by atoms with Crippen molar-refractivity contribution in [1.82, 2.24) is 10.2 Å². The number of nitrogens with one attached hydrogen (secondary N) is 1. The van der Waals surface area contributed by atoms with E-state index in [1.807, 2.05) is 0 Å². The van der Waals surface area contributed by atoms with Crippen molar-refractivity contribution in [2.24, 2.45) is 0 Å². The zero-order chi connectivity index (χ0) is 13.8. The Hall–Kier alpha value is -2.83. The number of amides is 1. The molecule has 0 spiro atoms. The Balaban J connectivity index is 2.32. The number of anilines is 1. The predicted octanol–water partition coefficient (Wildman–Crippen LogP) is 1.57. The van der Waals surface area contributed by atoms with E-state index in [0.717, 1.165) is 6.07 Å². The summed E-state index contributed by atoms with van der Waals surface area (Å²) in [5.41, 5.74) is -0.511. The number of hydrogen-bond acceptors (Lipinski definition) is 4. The van der Waals surface area contributed by atoms with Crippen LogP contribution in [0.5, 0.6) is 0 Å². The van der Waals surface area contributed by atoms with Gasteiger partial charge in [-0.05, 0) is 18.2 Å². The number of carboxylic acids is 1. The molecule has 1 aromatic carbocycles. The number of carbonyl (C=O) groups excluding carboxylic acids is 1. The van der Waals surface area contributed by atoms with E-state index < -0.39 is 23.3 Å². The highest BCUT2D eigenvalue weighted by atomic mass is 19.1. The van der Waals surface area contributed by atoms with Gasteiger partial charge in [0, 0.05) is 0 Å². The summed E-state index contributed by atoms with van der Waals surface area (Å²) in [6.45, 7) is 0. The molecule has 0 aliphatic heterocycles. The number of carbonyl (C=O) groups is 2. The van der Waals surface area contributed by atoms with Crippen LogP contribution in [0.2, 0.25) is 0 Å². The second-order valence-corrected chi connectivity index (χ2v) is 3.55. The summed E-state index contributed by atoms with van der Waals surface area (Å²) >= 11 is 0. The monoisotopic (exact) mass is 261 g/mol. The van der Waals surface area contributed by atoms with Crippen molar-refractivity contribution in [3.05, 3.63) is 53.6 Å². The minimum Gasteiger partial charge on any atom is -0.478 e. The lowest BCUT2D eigenvalue weighted by Gasteiger charge is -2.08. The molecule has 1 aromatic heterocycles. The van der Waals surface area contributed by atoms with Crippen LogP contribution in [-0.2, 0) is 0 Å². The van der Waals surface area contributed by atoms with E-state index in [2.05, 4.69) is 15.5 Å². The first-order valence-electron chi connectivity index (χ1n) is 5.19. The molecule has 19 heavy (non-hydrogen) atoms. The number of aromatic carboxylic acids is 1. The summed E-state index contributed by atoms with van der Waals surface area (Å²) in [7, 11) is 0. The van der Waals surface area contributed by atoms with Crippen molar-refractivity contribution in [1.29, 1.82) is 0 Å². The molecular formula is C12H8FN3O3. The van der Waals surface area contributed by atoms with Crippen molar-refractivity contribution in [3.8, 4) is 0 Å². The Labute approximate surface area is 106 Å². The van der Waals surface area contributed by atoms with E-state index in [0.29, 0.717) is 0 Å². The molecule has 0 saturated carbocycles. The highest BCUT2D eigenvalue weighted by molar-refractivity contribution is 6.07.